The first kappa shape index (κ1) is 13.8. The minimum Gasteiger partial charge on any atom is -0.373 e. The topological polar surface area (TPSA) is 48.5 Å². The van der Waals surface area contributed by atoms with Crippen LogP contribution in [0, 0.1) is 0 Å². The minimum atomic E-state index is 0.0364. The maximum atomic E-state index is 12.2. The largest absolute Gasteiger partial charge is 0.373 e. The summed E-state index contributed by atoms with van der Waals surface area (Å²) in [6, 6.07) is 3.63. The van der Waals surface area contributed by atoms with Gasteiger partial charge >= 0.3 is 0 Å². The summed E-state index contributed by atoms with van der Waals surface area (Å²) in [7, 11) is 3.66. The van der Waals surface area contributed by atoms with Crippen LogP contribution < -0.4 is 5.32 Å². The third-order valence-electron chi connectivity index (χ3n) is 3.56. The van der Waals surface area contributed by atoms with E-state index in [9.17, 15) is 4.79 Å². The number of carbonyl (C=O) groups excluding carboxylic acids is 1. The Balaban J connectivity index is 1.86. The Morgan fingerprint density at radius 1 is 1.42 bits per heavy atom. The summed E-state index contributed by atoms with van der Waals surface area (Å²) in [6.07, 6.45) is 4.20. The van der Waals surface area contributed by atoms with E-state index in [1.54, 1.807) is 11.1 Å². The third-order valence-corrected chi connectivity index (χ3v) is 3.56. The van der Waals surface area contributed by atoms with Crippen molar-refractivity contribution in [2.75, 3.05) is 45.6 Å². The first-order valence-corrected chi connectivity index (χ1v) is 6.82. The molecule has 0 radical (unpaired) electrons. The number of likely N-dealkylation sites (tertiary alicyclic amines) is 1. The first-order valence-electron chi connectivity index (χ1n) is 6.82. The highest BCUT2D eigenvalue weighted by atomic mass is 16.2. The molecule has 104 valence electrons. The predicted molar refractivity (Wildman–Crippen MR) is 76.4 cm³/mol. The molecule has 0 bridgehead atoms. The van der Waals surface area contributed by atoms with E-state index in [0.29, 0.717) is 5.56 Å². The number of hydrogen-bond donors (Lipinski definition) is 1. The fourth-order valence-corrected chi connectivity index (χ4v) is 2.29. The lowest BCUT2D eigenvalue weighted by Crippen LogP contribution is -2.35. The highest BCUT2D eigenvalue weighted by Gasteiger charge is 2.15. The maximum Gasteiger partial charge on any atom is 0.255 e. The molecule has 0 aromatic carbocycles. The average molecular weight is 262 g/mol. The molecule has 1 aliphatic heterocycles. The van der Waals surface area contributed by atoms with Crippen LogP contribution in [0.1, 0.15) is 23.2 Å². The van der Waals surface area contributed by atoms with Crippen LogP contribution in [0.3, 0.4) is 0 Å². The van der Waals surface area contributed by atoms with Crippen LogP contribution in [0.25, 0.3) is 0 Å². The molecule has 1 aromatic heterocycles. The zero-order chi connectivity index (χ0) is 13.7. The molecule has 2 heterocycles. The van der Waals surface area contributed by atoms with Gasteiger partial charge in [0.2, 0.25) is 0 Å². The fraction of sp³-hybridized carbons (Fsp3) is 0.571. The molecule has 2 rings (SSSR count). The molecule has 0 unspecified atom stereocenters. The van der Waals surface area contributed by atoms with Crippen molar-refractivity contribution in [3.63, 3.8) is 0 Å². The molecule has 1 saturated heterocycles. The van der Waals surface area contributed by atoms with Crippen LogP contribution in [0.5, 0.6) is 0 Å². The van der Waals surface area contributed by atoms with Crippen molar-refractivity contribution in [3.05, 3.63) is 23.9 Å². The van der Waals surface area contributed by atoms with Gasteiger partial charge in [0.15, 0.2) is 0 Å². The second-order valence-corrected chi connectivity index (χ2v) is 4.96. The zero-order valence-electron chi connectivity index (χ0n) is 11.7. The number of pyridine rings is 1. The summed E-state index contributed by atoms with van der Waals surface area (Å²) in [5.41, 5.74) is 0.642. The number of aromatic nitrogens is 1. The molecule has 19 heavy (non-hydrogen) atoms. The van der Waals surface area contributed by atoms with Gasteiger partial charge in [-0.15, -0.1) is 0 Å². The van der Waals surface area contributed by atoms with E-state index < -0.39 is 0 Å². The van der Waals surface area contributed by atoms with E-state index in [-0.39, 0.29) is 5.91 Å². The lowest BCUT2D eigenvalue weighted by Gasteiger charge is -2.21. The van der Waals surface area contributed by atoms with Crippen LogP contribution in [-0.2, 0) is 0 Å². The molecule has 0 atom stereocenters. The molecule has 5 heteroatoms. The Labute approximate surface area is 114 Å². The van der Waals surface area contributed by atoms with Gasteiger partial charge in [0, 0.05) is 33.4 Å². The molecule has 1 N–H and O–H groups in total. The number of nitrogens with zero attached hydrogens (tertiary/aromatic N) is 3. The number of rotatable bonds is 5. The van der Waals surface area contributed by atoms with Crippen LogP contribution in [0.15, 0.2) is 18.3 Å². The highest BCUT2D eigenvalue weighted by Crippen LogP contribution is 2.09. The minimum absolute atomic E-state index is 0.0364. The lowest BCUT2D eigenvalue weighted by atomic mass is 10.2. The van der Waals surface area contributed by atoms with Crippen molar-refractivity contribution >= 4 is 11.7 Å². The summed E-state index contributed by atoms with van der Waals surface area (Å²) >= 11 is 0. The first-order chi connectivity index (χ1) is 9.20. The summed E-state index contributed by atoms with van der Waals surface area (Å²) in [5, 5.41) is 2.94. The number of hydrogen-bond acceptors (Lipinski definition) is 4. The lowest BCUT2D eigenvalue weighted by molar-refractivity contribution is 0.0782. The van der Waals surface area contributed by atoms with Gasteiger partial charge in [-0.25, -0.2) is 4.98 Å². The van der Waals surface area contributed by atoms with Gasteiger partial charge in [-0.1, -0.05) is 0 Å². The fourth-order valence-electron chi connectivity index (χ4n) is 2.29. The molecular formula is C14H22N4O. The Morgan fingerprint density at radius 3 is 2.74 bits per heavy atom. The van der Waals surface area contributed by atoms with Gasteiger partial charge in [-0.3, -0.25) is 4.79 Å². The van der Waals surface area contributed by atoms with Crippen LogP contribution in [-0.4, -0.2) is 61.0 Å². The second kappa shape index (κ2) is 6.52. The molecule has 1 aromatic rings. The van der Waals surface area contributed by atoms with Gasteiger partial charge < -0.3 is 15.1 Å². The van der Waals surface area contributed by atoms with Crippen molar-refractivity contribution < 1.29 is 4.79 Å². The van der Waals surface area contributed by atoms with Crippen LogP contribution in [0.2, 0.25) is 0 Å². The van der Waals surface area contributed by atoms with Gasteiger partial charge in [0.05, 0.1) is 5.56 Å². The van der Waals surface area contributed by atoms with Gasteiger partial charge in [0.1, 0.15) is 5.82 Å². The molecule has 1 fully saturated rings. The third kappa shape index (κ3) is 3.67. The van der Waals surface area contributed by atoms with E-state index in [4.69, 9.17) is 0 Å². The standard InChI is InChI=1S/C14H22N4O/c1-15-13-6-5-12(11-16-13)14(19)17(2)9-10-18-7-3-4-8-18/h5-6,11H,3-4,7-10H2,1-2H3,(H,15,16). The van der Waals surface area contributed by atoms with Gasteiger partial charge in [0.25, 0.3) is 5.91 Å². The van der Waals surface area contributed by atoms with Crippen molar-refractivity contribution in [3.8, 4) is 0 Å². The number of amides is 1. The highest BCUT2D eigenvalue weighted by molar-refractivity contribution is 5.93. The molecule has 0 saturated carbocycles. The Kier molecular flexibility index (Phi) is 4.74. The van der Waals surface area contributed by atoms with Crippen molar-refractivity contribution in [1.29, 1.82) is 0 Å². The van der Waals surface area contributed by atoms with E-state index in [0.717, 1.165) is 18.9 Å². The molecule has 1 amide bonds. The Bertz CT molecular complexity index is 412. The van der Waals surface area contributed by atoms with Crippen molar-refractivity contribution in [2.45, 2.75) is 12.8 Å². The van der Waals surface area contributed by atoms with Gasteiger partial charge in [-0.05, 0) is 38.1 Å². The summed E-state index contributed by atoms with van der Waals surface area (Å²) in [5.74, 6) is 0.811. The molecule has 0 aliphatic carbocycles. The normalized spacial score (nSPS) is 15.5. The summed E-state index contributed by atoms with van der Waals surface area (Å²) in [6.45, 7) is 4.07. The quantitative estimate of drug-likeness (QED) is 0.868. The average Bonchev–Trinajstić information content (AvgIpc) is 2.97. The molecule has 1 aliphatic rings. The van der Waals surface area contributed by atoms with Crippen molar-refractivity contribution in [2.24, 2.45) is 0 Å². The summed E-state index contributed by atoms with van der Waals surface area (Å²) < 4.78 is 0. The Hall–Kier alpha value is -1.62. The van der Waals surface area contributed by atoms with E-state index in [1.165, 1.54) is 25.9 Å². The monoisotopic (exact) mass is 262 g/mol. The second-order valence-electron chi connectivity index (χ2n) is 4.96. The predicted octanol–water partition coefficient (Wildman–Crippen LogP) is 1.29. The zero-order valence-corrected chi connectivity index (χ0v) is 11.7. The van der Waals surface area contributed by atoms with Crippen molar-refractivity contribution in [1.82, 2.24) is 14.8 Å². The van der Waals surface area contributed by atoms with E-state index in [2.05, 4.69) is 15.2 Å². The van der Waals surface area contributed by atoms with Crippen LogP contribution >= 0.6 is 0 Å². The molecule has 0 spiro atoms. The number of anilines is 1. The molecule has 5 nitrogen and oxygen atoms in total. The van der Waals surface area contributed by atoms with E-state index >= 15 is 0 Å². The summed E-state index contributed by atoms with van der Waals surface area (Å²) in [4.78, 5) is 20.5. The Morgan fingerprint density at radius 2 is 2.16 bits per heavy atom. The van der Waals surface area contributed by atoms with E-state index in [1.807, 2.05) is 26.2 Å². The molecular weight excluding hydrogens is 240 g/mol. The number of carbonyl (C=O) groups is 1. The van der Waals surface area contributed by atoms with Gasteiger partial charge in [-0.2, -0.15) is 0 Å². The van der Waals surface area contributed by atoms with Crippen LogP contribution in [0.4, 0.5) is 5.82 Å². The maximum absolute atomic E-state index is 12.2. The SMILES string of the molecule is CNc1ccc(C(=O)N(C)CCN2CCCC2)cn1. The number of nitrogens with one attached hydrogen (secondary N) is 1. The number of likely N-dealkylation sites (N-methyl/N-ethyl adjacent to an activating group) is 1. The smallest absolute Gasteiger partial charge is 0.255 e.